The maximum atomic E-state index is 5.51. The monoisotopic (exact) mass is 163 g/mol. The number of nitrogen functional groups attached to an aromatic ring is 1. The zero-order valence-corrected chi connectivity index (χ0v) is 6.69. The second kappa shape index (κ2) is 2.41. The van der Waals surface area contributed by atoms with Gasteiger partial charge in [-0.2, -0.15) is 5.10 Å². The van der Waals surface area contributed by atoms with Crippen LogP contribution in [0.2, 0.25) is 0 Å². The predicted octanol–water partition coefficient (Wildman–Crippen LogP) is 1.26. The van der Waals surface area contributed by atoms with E-state index in [0.717, 1.165) is 11.5 Å². The molecule has 2 aromatic heterocycles. The van der Waals surface area contributed by atoms with Crippen LogP contribution in [-0.4, -0.2) is 9.78 Å². The van der Waals surface area contributed by atoms with Gasteiger partial charge in [0.15, 0.2) is 5.76 Å². The molecule has 0 fully saturated rings. The number of hydrogen-bond donors (Lipinski definition) is 1. The topological polar surface area (TPSA) is 57.0 Å². The highest BCUT2D eigenvalue weighted by Gasteiger charge is 2.06. The van der Waals surface area contributed by atoms with E-state index in [-0.39, 0.29) is 0 Å². The van der Waals surface area contributed by atoms with Crippen molar-refractivity contribution in [1.82, 2.24) is 9.78 Å². The Labute approximate surface area is 69.6 Å². The van der Waals surface area contributed by atoms with Crippen LogP contribution in [-0.2, 0) is 7.05 Å². The Kier molecular flexibility index (Phi) is 1.40. The van der Waals surface area contributed by atoms with Crippen molar-refractivity contribution < 1.29 is 4.42 Å². The summed E-state index contributed by atoms with van der Waals surface area (Å²) in [7, 11) is 1.83. The van der Waals surface area contributed by atoms with E-state index in [2.05, 4.69) is 5.10 Å². The van der Waals surface area contributed by atoms with Gasteiger partial charge in [0.05, 0.1) is 6.26 Å². The number of aromatic nitrogens is 2. The molecule has 0 unspecified atom stereocenters. The number of furan rings is 1. The first-order valence-electron chi connectivity index (χ1n) is 3.61. The average Bonchev–Trinajstić information content (AvgIpc) is 2.58. The molecule has 0 aromatic carbocycles. The molecule has 2 rings (SSSR count). The highest BCUT2D eigenvalue weighted by molar-refractivity contribution is 5.56. The standard InChI is InChI=1S/C8H9N3O/c1-11-6(5-8(9)10-11)7-3-2-4-12-7/h2-5H,1H3,(H2,9,10). The fourth-order valence-corrected chi connectivity index (χ4v) is 1.14. The normalized spacial score (nSPS) is 10.4. The molecule has 0 atom stereocenters. The number of aryl methyl sites for hydroxylation is 1. The van der Waals surface area contributed by atoms with E-state index >= 15 is 0 Å². The van der Waals surface area contributed by atoms with Crippen LogP contribution in [0, 0.1) is 0 Å². The van der Waals surface area contributed by atoms with Crippen molar-refractivity contribution in [2.75, 3.05) is 5.73 Å². The summed E-state index contributed by atoms with van der Waals surface area (Å²) in [6.45, 7) is 0. The second-order valence-electron chi connectivity index (χ2n) is 2.56. The van der Waals surface area contributed by atoms with Gasteiger partial charge in [-0.25, -0.2) is 0 Å². The molecule has 2 N–H and O–H groups in total. The molecule has 0 aliphatic carbocycles. The zero-order valence-electron chi connectivity index (χ0n) is 6.69. The minimum Gasteiger partial charge on any atom is -0.463 e. The average molecular weight is 163 g/mol. The maximum absolute atomic E-state index is 5.51. The molecule has 0 aliphatic rings. The van der Waals surface area contributed by atoms with E-state index in [1.165, 1.54) is 0 Å². The van der Waals surface area contributed by atoms with Crippen molar-refractivity contribution in [3.05, 3.63) is 24.5 Å². The zero-order chi connectivity index (χ0) is 8.55. The van der Waals surface area contributed by atoms with Crippen LogP contribution in [0.25, 0.3) is 11.5 Å². The first kappa shape index (κ1) is 6.97. The summed E-state index contributed by atoms with van der Waals surface area (Å²) in [4.78, 5) is 0. The SMILES string of the molecule is Cn1nc(N)cc1-c1ccco1. The third-order valence-electron chi connectivity index (χ3n) is 1.67. The second-order valence-corrected chi connectivity index (χ2v) is 2.56. The summed E-state index contributed by atoms with van der Waals surface area (Å²) >= 11 is 0. The van der Waals surface area contributed by atoms with Gasteiger partial charge in [-0.1, -0.05) is 0 Å². The lowest BCUT2D eigenvalue weighted by Crippen LogP contribution is -1.93. The molecule has 2 heterocycles. The fraction of sp³-hybridized carbons (Fsp3) is 0.125. The van der Waals surface area contributed by atoms with Gasteiger partial charge in [0, 0.05) is 13.1 Å². The summed E-state index contributed by atoms with van der Waals surface area (Å²) in [6, 6.07) is 5.48. The van der Waals surface area contributed by atoms with Crippen molar-refractivity contribution in [2.24, 2.45) is 7.05 Å². The minimum atomic E-state index is 0.504. The third-order valence-corrected chi connectivity index (χ3v) is 1.67. The van der Waals surface area contributed by atoms with Crippen LogP contribution in [0.1, 0.15) is 0 Å². The van der Waals surface area contributed by atoms with Gasteiger partial charge in [-0.15, -0.1) is 0 Å². The fourth-order valence-electron chi connectivity index (χ4n) is 1.14. The molecule has 62 valence electrons. The Balaban J connectivity index is 2.54. The van der Waals surface area contributed by atoms with Gasteiger partial charge in [0.1, 0.15) is 11.5 Å². The number of nitrogens with zero attached hydrogens (tertiary/aromatic N) is 2. The van der Waals surface area contributed by atoms with Gasteiger partial charge < -0.3 is 10.2 Å². The minimum absolute atomic E-state index is 0.504. The van der Waals surface area contributed by atoms with Crippen LogP contribution >= 0.6 is 0 Å². The molecule has 4 nitrogen and oxygen atoms in total. The molecule has 0 spiro atoms. The highest BCUT2D eigenvalue weighted by Crippen LogP contribution is 2.20. The lowest BCUT2D eigenvalue weighted by Gasteiger charge is -1.94. The molecule has 0 aliphatic heterocycles. The molecular formula is C8H9N3O. The quantitative estimate of drug-likeness (QED) is 0.688. The summed E-state index contributed by atoms with van der Waals surface area (Å²) in [5.41, 5.74) is 6.40. The Bertz CT molecular complexity index is 375. The van der Waals surface area contributed by atoms with Crippen molar-refractivity contribution in [1.29, 1.82) is 0 Å². The molecule has 0 saturated heterocycles. The van der Waals surface area contributed by atoms with Crippen LogP contribution in [0.5, 0.6) is 0 Å². The molecule has 12 heavy (non-hydrogen) atoms. The Morgan fingerprint density at radius 1 is 1.58 bits per heavy atom. The Morgan fingerprint density at radius 3 is 2.92 bits per heavy atom. The van der Waals surface area contributed by atoms with Gasteiger partial charge in [-0.3, -0.25) is 4.68 Å². The van der Waals surface area contributed by atoms with Crippen molar-refractivity contribution in [3.63, 3.8) is 0 Å². The van der Waals surface area contributed by atoms with Crippen molar-refractivity contribution in [3.8, 4) is 11.5 Å². The number of rotatable bonds is 1. The van der Waals surface area contributed by atoms with Gasteiger partial charge in [-0.05, 0) is 12.1 Å². The molecular weight excluding hydrogens is 154 g/mol. The van der Waals surface area contributed by atoms with Gasteiger partial charge in [0.2, 0.25) is 0 Å². The van der Waals surface area contributed by atoms with Gasteiger partial charge >= 0.3 is 0 Å². The molecule has 0 bridgehead atoms. The summed E-state index contributed by atoms with van der Waals surface area (Å²) in [5.74, 6) is 1.28. The first-order chi connectivity index (χ1) is 5.77. The van der Waals surface area contributed by atoms with E-state index in [4.69, 9.17) is 10.2 Å². The lowest BCUT2D eigenvalue weighted by atomic mass is 10.3. The van der Waals surface area contributed by atoms with Crippen molar-refractivity contribution >= 4 is 5.82 Å². The Morgan fingerprint density at radius 2 is 2.42 bits per heavy atom. The predicted molar refractivity (Wildman–Crippen MR) is 45.3 cm³/mol. The lowest BCUT2D eigenvalue weighted by molar-refractivity contribution is 0.573. The van der Waals surface area contributed by atoms with E-state index in [9.17, 15) is 0 Å². The molecule has 0 radical (unpaired) electrons. The van der Waals surface area contributed by atoms with Crippen LogP contribution in [0.15, 0.2) is 28.9 Å². The molecule has 4 heteroatoms. The molecule has 0 amide bonds. The smallest absolute Gasteiger partial charge is 0.151 e. The number of hydrogen-bond acceptors (Lipinski definition) is 3. The molecule has 0 saturated carbocycles. The largest absolute Gasteiger partial charge is 0.463 e. The van der Waals surface area contributed by atoms with Gasteiger partial charge in [0.25, 0.3) is 0 Å². The number of anilines is 1. The van der Waals surface area contributed by atoms with E-state index in [0.29, 0.717) is 5.82 Å². The van der Waals surface area contributed by atoms with Crippen molar-refractivity contribution in [2.45, 2.75) is 0 Å². The van der Waals surface area contributed by atoms with E-state index in [1.54, 1.807) is 17.0 Å². The summed E-state index contributed by atoms with van der Waals surface area (Å²) in [6.07, 6.45) is 1.62. The maximum Gasteiger partial charge on any atom is 0.151 e. The van der Waals surface area contributed by atoms with Crippen LogP contribution in [0.4, 0.5) is 5.82 Å². The Hall–Kier alpha value is -1.71. The van der Waals surface area contributed by atoms with E-state index < -0.39 is 0 Å². The van der Waals surface area contributed by atoms with E-state index in [1.807, 2.05) is 19.2 Å². The third kappa shape index (κ3) is 0.972. The van der Waals surface area contributed by atoms with Crippen LogP contribution < -0.4 is 5.73 Å². The number of nitrogens with two attached hydrogens (primary N) is 1. The van der Waals surface area contributed by atoms with Crippen LogP contribution in [0.3, 0.4) is 0 Å². The first-order valence-corrected chi connectivity index (χ1v) is 3.61. The molecule has 2 aromatic rings. The summed E-state index contributed by atoms with van der Waals surface area (Å²) < 4.78 is 6.89. The highest BCUT2D eigenvalue weighted by atomic mass is 16.3. The summed E-state index contributed by atoms with van der Waals surface area (Å²) in [5, 5.41) is 4.00.